The van der Waals surface area contributed by atoms with Crippen LogP contribution in [0.3, 0.4) is 0 Å². The summed E-state index contributed by atoms with van der Waals surface area (Å²) in [6, 6.07) is 10.6. The summed E-state index contributed by atoms with van der Waals surface area (Å²) in [5, 5.41) is 3.74. The van der Waals surface area contributed by atoms with Crippen LogP contribution < -0.4 is 5.32 Å². The summed E-state index contributed by atoms with van der Waals surface area (Å²) in [5.41, 5.74) is 2.49. The molecule has 0 saturated carbocycles. The van der Waals surface area contributed by atoms with Gasteiger partial charge in [-0.15, -0.1) is 23.1 Å². The Balaban J connectivity index is 1.54. The fourth-order valence-corrected chi connectivity index (χ4v) is 5.04. The van der Waals surface area contributed by atoms with Gasteiger partial charge in [-0.3, -0.25) is 9.69 Å². The van der Waals surface area contributed by atoms with E-state index in [2.05, 4.69) is 52.5 Å². The summed E-state index contributed by atoms with van der Waals surface area (Å²) in [7, 11) is 0. The summed E-state index contributed by atoms with van der Waals surface area (Å²) >= 11 is 3.35. The topological polar surface area (TPSA) is 45.2 Å². The van der Waals surface area contributed by atoms with Crippen molar-refractivity contribution in [3.8, 4) is 0 Å². The van der Waals surface area contributed by atoms with E-state index in [1.54, 1.807) is 23.1 Å². The van der Waals surface area contributed by atoms with Crippen molar-refractivity contribution in [1.29, 1.82) is 0 Å². The zero-order valence-electron chi connectivity index (χ0n) is 15.5. The monoisotopic (exact) mass is 389 g/mol. The van der Waals surface area contributed by atoms with E-state index in [4.69, 9.17) is 0 Å². The van der Waals surface area contributed by atoms with Crippen LogP contribution >= 0.6 is 23.1 Å². The lowest BCUT2D eigenvalue weighted by Crippen LogP contribution is -2.29. The van der Waals surface area contributed by atoms with Crippen LogP contribution in [0.1, 0.15) is 42.8 Å². The minimum Gasteiger partial charge on any atom is -0.301 e. The Bertz CT molecular complexity index is 717. The minimum absolute atomic E-state index is 0.0305. The Morgan fingerprint density at radius 2 is 2.19 bits per heavy atom. The highest BCUT2D eigenvalue weighted by atomic mass is 32.2. The number of carbonyl (C=O) groups is 1. The third-order valence-electron chi connectivity index (χ3n) is 4.52. The third-order valence-corrected chi connectivity index (χ3v) is 6.76. The lowest BCUT2D eigenvalue weighted by atomic mass is 10.1. The first-order valence-electron chi connectivity index (χ1n) is 9.33. The second-order valence-corrected chi connectivity index (χ2v) is 9.22. The Morgan fingerprint density at radius 3 is 2.96 bits per heavy atom. The van der Waals surface area contributed by atoms with Gasteiger partial charge in [-0.25, -0.2) is 4.98 Å². The Labute approximate surface area is 164 Å². The standard InChI is InChI=1S/C20H27N3OS2/c1-3-4-12-25-15(2)19(24)22-20-21-17-10-11-23(14-18(17)26-20)13-16-8-6-5-7-9-16/h5-9,15H,3-4,10-14H2,1-2H3,(H,21,22,24). The maximum atomic E-state index is 12.3. The highest BCUT2D eigenvalue weighted by molar-refractivity contribution is 8.00. The third kappa shape index (κ3) is 5.32. The van der Waals surface area contributed by atoms with Gasteiger partial charge in [0, 0.05) is 30.9 Å². The molecular weight excluding hydrogens is 362 g/mol. The van der Waals surface area contributed by atoms with Crippen molar-refractivity contribution in [3.63, 3.8) is 0 Å². The van der Waals surface area contributed by atoms with Crippen molar-refractivity contribution < 1.29 is 4.79 Å². The van der Waals surface area contributed by atoms with Gasteiger partial charge in [-0.1, -0.05) is 43.7 Å². The van der Waals surface area contributed by atoms with Crippen molar-refractivity contribution in [2.45, 2.75) is 51.4 Å². The van der Waals surface area contributed by atoms with E-state index in [1.807, 2.05) is 6.92 Å². The smallest absolute Gasteiger partial charge is 0.238 e. The van der Waals surface area contributed by atoms with Crippen molar-refractivity contribution in [2.75, 3.05) is 17.6 Å². The Morgan fingerprint density at radius 1 is 1.38 bits per heavy atom. The number of benzene rings is 1. The first kappa shape index (κ1) is 19.4. The number of thiazole rings is 1. The van der Waals surface area contributed by atoms with Crippen molar-refractivity contribution in [3.05, 3.63) is 46.5 Å². The van der Waals surface area contributed by atoms with Crippen LogP contribution in [0.4, 0.5) is 5.13 Å². The van der Waals surface area contributed by atoms with Crippen LogP contribution in [0.2, 0.25) is 0 Å². The van der Waals surface area contributed by atoms with Gasteiger partial charge in [0.1, 0.15) is 0 Å². The molecule has 6 heteroatoms. The molecule has 2 heterocycles. The van der Waals surface area contributed by atoms with Gasteiger partial charge in [-0.05, 0) is 24.7 Å². The molecule has 2 aromatic rings. The van der Waals surface area contributed by atoms with E-state index in [9.17, 15) is 4.79 Å². The number of hydrogen-bond acceptors (Lipinski definition) is 5. The number of rotatable bonds is 8. The molecule has 1 atom stereocenters. The number of aromatic nitrogens is 1. The van der Waals surface area contributed by atoms with Gasteiger partial charge >= 0.3 is 0 Å². The van der Waals surface area contributed by atoms with Crippen LogP contribution in [-0.2, 0) is 24.3 Å². The van der Waals surface area contributed by atoms with Crippen LogP contribution in [0, 0.1) is 0 Å². The van der Waals surface area contributed by atoms with Crippen LogP contribution in [0.15, 0.2) is 30.3 Å². The minimum atomic E-state index is -0.0305. The summed E-state index contributed by atoms with van der Waals surface area (Å²) < 4.78 is 0. The number of hydrogen-bond donors (Lipinski definition) is 1. The molecule has 3 rings (SSSR count). The number of amides is 1. The molecule has 0 radical (unpaired) electrons. The van der Waals surface area contributed by atoms with E-state index >= 15 is 0 Å². The zero-order valence-corrected chi connectivity index (χ0v) is 17.2. The van der Waals surface area contributed by atoms with Crippen molar-refractivity contribution >= 4 is 34.1 Å². The number of carbonyl (C=O) groups excluding carboxylic acids is 1. The summed E-state index contributed by atoms with van der Waals surface area (Å²) in [6.07, 6.45) is 3.28. The lowest BCUT2D eigenvalue weighted by Gasteiger charge is -2.25. The number of nitrogens with one attached hydrogen (secondary N) is 1. The lowest BCUT2D eigenvalue weighted by molar-refractivity contribution is -0.115. The molecule has 1 aliphatic rings. The molecule has 1 aromatic heterocycles. The maximum absolute atomic E-state index is 12.3. The molecule has 0 aliphatic carbocycles. The quantitative estimate of drug-likeness (QED) is 0.672. The van der Waals surface area contributed by atoms with Gasteiger partial charge < -0.3 is 5.32 Å². The summed E-state index contributed by atoms with van der Waals surface area (Å²) in [6.45, 7) is 7.04. The van der Waals surface area contributed by atoms with Gasteiger partial charge in [-0.2, -0.15) is 0 Å². The molecule has 140 valence electrons. The van der Waals surface area contributed by atoms with Crippen LogP contribution in [0.5, 0.6) is 0 Å². The van der Waals surface area contributed by atoms with E-state index in [1.165, 1.54) is 16.9 Å². The highest BCUT2D eigenvalue weighted by Gasteiger charge is 2.22. The molecule has 0 spiro atoms. The first-order valence-corrected chi connectivity index (χ1v) is 11.2. The average Bonchev–Trinajstić information content (AvgIpc) is 3.04. The molecule has 0 fully saturated rings. The Hall–Kier alpha value is -1.37. The predicted molar refractivity (Wildman–Crippen MR) is 112 cm³/mol. The van der Waals surface area contributed by atoms with Crippen LogP contribution in [-0.4, -0.2) is 33.3 Å². The number of fused-ring (bicyclic) bond motifs is 1. The summed E-state index contributed by atoms with van der Waals surface area (Å²) in [5.74, 6) is 1.10. The average molecular weight is 390 g/mol. The van der Waals surface area contributed by atoms with E-state index < -0.39 is 0 Å². The van der Waals surface area contributed by atoms with Gasteiger partial charge in [0.05, 0.1) is 10.9 Å². The molecule has 26 heavy (non-hydrogen) atoms. The highest BCUT2D eigenvalue weighted by Crippen LogP contribution is 2.29. The number of unbranched alkanes of at least 4 members (excludes halogenated alkanes) is 1. The normalized spacial score (nSPS) is 15.5. The second-order valence-electron chi connectivity index (χ2n) is 6.69. The van der Waals surface area contributed by atoms with Crippen molar-refractivity contribution in [2.24, 2.45) is 0 Å². The molecular formula is C20H27N3OS2. The molecule has 0 saturated heterocycles. The molecule has 1 aliphatic heterocycles. The van der Waals surface area contributed by atoms with E-state index in [0.29, 0.717) is 0 Å². The number of anilines is 1. The van der Waals surface area contributed by atoms with Crippen LogP contribution in [0.25, 0.3) is 0 Å². The molecule has 1 aromatic carbocycles. The predicted octanol–water partition coefficient (Wildman–Crippen LogP) is 4.56. The van der Waals surface area contributed by atoms with Crippen molar-refractivity contribution in [1.82, 2.24) is 9.88 Å². The fourth-order valence-electron chi connectivity index (χ4n) is 2.97. The SMILES string of the molecule is CCCCSC(C)C(=O)Nc1nc2c(s1)CN(Cc1ccccc1)CC2. The maximum Gasteiger partial charge on any atom is 0.238 e. The number of nitrogens with zero attached hydrogens (tertiary/aromatic N) is 2. The van der Waals surface area contributed by atoms with E-state index in [0.717, 1.165) is 49.1 Å². The second kappa shape index (κ2) is 9.53. The van der Waals surface area contributed by atoms with Gasteiger partial charge in [0.25, 0.3) is 0 Å². The molecule has 1 unspecified atom stereocenters. The van der Waals surface area contributed by atoms with E-state index in [-0.39, 0.29) is 11.2 Å². The molecule has 1 amide bonds. The molecule has 4 nitrogen and oxygen atoms in total. The molecule has 0 bridgehead atoms. The Kier molecular flexibility index (Phi) is 7.11. The number of thioether (sulfide) groups is 1. The zero-order chi connectivity index (χ0) is 18.4. The van der Waals surface area contributed by atoms with Gasteiger partial charge in [0.15, 0.2) is 5.13 Å². The largest absolute Gasteiger partial charge is 0.301 e. The summed E-state index contributed by atoms with van der Waals surface area (Å²) in [4.78, 5) is 20.7. The van der Waals surface area contributed by atoms with Gasteiger partial charge in [0.2, 0.25) is 5.91 Å². The fraction of sp³-hybridized carbons (Fsp3) is 0.500. The first-order chi connectivity index (χ1) is 12.7. The molecule has 1 N–H and O–H groups in total.